The molecule has 0 radical (unpaired) electrons. The van der Waals surface area contributed by atoms with Crippen LogP contribution in [0.15, 0.2) is 53.3 Å². The Morgan fingerprint density at radius 2 is 1.89 bits per heavy atom. The lowest BCUT2D eigenvalue weighted by molar-refractivity contribution is -0.132. The van der Waals surface area contributed by atoms with Crippen molar-refractivity contribution in [1.82, 2.24) is 9.47 Å². The summed E-state index contributed by atoms with van der Waals surface area (Å²) in [7, 11) is 0. The number of carbonyl (C=O) groups excluding carboxylic acids is 3. The third kappa shape index (κ3) is 3.99. The zero-order valence-corrected chi connectivity index (χ0v) is 22.3. The van der Waals surface area contributed by atoms with E-state index in [0.717, 1.165) is 46.4 Å². The number of thiazole rings is 1. The van der Waals surface area contributed by atoms with Crippen LogP contribution in [-0.4, -0.2) is 39.7 Å². The fraction of sp³-hybridized carbons (Fsp3) is 0.286. The topological polar surface area (TPSA) is 88.9 Å². The van der Waals surface area contributed by atoms with E-state index in [9.17, 15) is 19.2 Å². The quantitative estimate of drug-likeness (QED) is 0.437. The molecule has 38 heavy (non-hydrogen) atoms. The average molecular weight is 548 g/mol. The molecule has 3 aliphatic rings. The van der Waals surface area contributed by atoms with E-state index in [0.29, 0.717) is 21.2 Å². The fourth-order valence-corrected chi connectivity index (χ4v) is 7.92. The molecule has 2 fully saturated rings. The molecule has 194 valence electrons. The zero-order valence-electron chi connectivity index (χ0n) is 20.7. The largest absolute Gasteiger partial charge is 0.446 e. The summed E-state index contributed by atoms with van der Waals surface area (Å²) < 4.78 is 6.84. The van der Waals surface area contributed by atoms with Gasteiger partial charge in [0.2, 0.25) is 0 Å². The van der Waals surface area contributed by atoms with Gasteiger partial charge >= 0.3 is 0 Å². The number of hydrogen-bond donors (Lipinski definition) is 0. The monoisotopic (exact) mass is 547 g/mol. The van der Waals surface area contributed by atoms with E-state index in [2.05, 4.69) is 41.3 Å². The molecule has 0 N–H and O–H groups in total. The molecule has 1 saturated heterocycles. The van der Waals surface area contributed by atoms with Crippen molar-refractivity contribution in [3.63, 3.8) is 0 Å². The summed E-state index contributed by atoms with van der Waals surface area (Å²) in [5.74, 6) is -0.00910. The van der Waals surface area contributed by atoms with Crippen molar-refractivity contribution >= 4 is 63.1 Å². The van der Waals surface area contributed by atoms with Crippen molar-refractivity contribution in [2.75, 3.05) is 11.4 Å². The molecule has 10 heteroatoms. The highest BCUT2D eigenvalue weighted by Crippen LogP contribution is 2.52. The molecular formula is C28H25N3O5S2. The summed E-state index contributed by atoms with van der Waals surface area (Å²) in [4.78, 5) is 53.1. The van der Waals surface area contributed by atoms with Gasteiger partial charge in [0, 0.05) is 29.9 Å². The molecule has 1 aromatic heterocycles. The lowest BCUT2D eigenvalue weighted by atomic mass is 9.96. The molecule has 2 amide bonds. The Bertz CT molecular complexity index is 1630. The number of imide groups is 1. The Balaban J connectivity index is 1.46. The molecule has 2 atom stereocenters. The first-order valence-electron chi connectivity index (χ1n) is 12.5. The van der Waals surface area contributed by atoms with Gasteiger partial charge in [-0.1, -0.05) is 30.7 Å². The number of benzene rings is 2. The van der Waals surface area contributed by atoms with E-state index in [-0.39, 0.29) is 35.5 Å². The van der Waals surface area contributed by atoms with Crippen molar-refractivity contribution in [2.45, 2.75) is 44.9 Å². The fourth-order valence-electron chi connectivity index (χ4n) is 5.75. The molecule has 3 heterocycles. The number of anilines is 2. The summed E-state index contributed by atoms with van der Waals surface area (Å²) >= 11 is 1.93. The summed E-state index contributed by atoms with van der Waals surface area (Å²) in [6.45, 7) is 1.88. The second-order valence-electron chi connectivity index (χ2n) is 9.42. The van der Waals surface area contributed by atoms with Crippen LogP contribution in [0.4, 0.5) is 16.2 Å². The van der Waals surface area contributed by atoms with Crippen molar-refractivity contribution in [3.05, 3.63) is 79.2 Å². The van der Waals surface area contributed by atoms with Crippen LogP contribution < -0.4 is 19.7 Å². The summed E-state index contributed by atoms with van der Waals surface area (Å²) in [5, 5.41) is -0.380. The SMILES string of the molecule is CCN1C(=O)SC(=c2sc(=Cc3ccc4c(c3)C3CCCC3N4c3ccccc3)c(=O)n2COC=O)C1=O. The van der Waals surface area contributed by atoms with Gasteiger partial charge in [-0.15, -0.1) is 11.3 Å². The van der Waals surface area contributed by atoms with Gasteiger partial charge in [-0.05, 0) is 73.0 Å². The van der Waals surface area contributed by atoms with E-state index in [1.165, 1.54) is 27.9 Å². The molecule has 0 bridgehead atoms. The van der Waals surface area contributed by atoms with Crippen LogP contribution in [-0.2, 0) is 21.1 Å². The molecule has 1 saturated carbocycles. The van der Waals surface area contributed by atoms with Crippen LogP contribution in [0.1, 0.15) is 43.2 Å². The summed E-state index contributed by atoms with van der Waals surface area (Å²) in [5.41, 5.74) is 4.19. The number of thioether (sulfide) groups is 1. The van der Waals surface area contributed by atoms with Crippen LogP contribution in [0, 0.1) is 0 Å². The Morgan fingerprint density at radius 3 is 2.63 bits per heavy atom. The number of nitrogens with zero attached hydrogens (tertiary/aromatic N) is 3. The molecule has 1 aliphatic carbocycles. The third-order valence-corrected chi connectivity index (χ3v) is 9.62. The predicted molar refractivity (Wildman–Crippen MR) is 148 cm³/mol. The molecule has 2 unspecified atom stereocenters. The van der Waals surface area contributed by atoms with E-state index in [4.69, 9.17) is 4.74 Å². The zero-order chi connectivity index (χ0) is 26.4. The standard InChI is InChI=1S/C28H25N3O5S2/c1-2-29-26(34)24(38-28(29)35)27-30(15-36-16-32)25(33)23(37-27)14-17-11-12-22-20(13-17)19-9-6-10-21(19)31(22)18-7-4-3-5-8-18/h3-5,7-8,11-14,16,19,21H,2,6,9-10,15H2,1H3. The van der Waals surface area contributed by atoms with Crippen molar-refractivity contribution in [1.29, 1.82) is 0 Å². The van der Waals surface area contributed by atoms with Gasteiger partial charge in [0.25, 0.3) is 23.2 Å². The van der Waals surface area contributed by atoms with Gasteiger partial charge in [-0.2, -0.15) is 0 Å². The third-order valence-electron chi connectivity index (χ3n) is 7.39. The number of hydrogen-bond acceptors (Lipinski definition) is 8. The normalized spacial score (nSPS) is 22.3. The van der Waals surface area contributed by atoms with Crippen molar-refractivity contribution in [2.24, 2.45) is 0 Å². The first kappa shape index (κ1) is 24.7. The smallest absolute Gasteiger partial charge is 0.294 e. The minimum atomic E-state index is -0.444. The van der Waals surface area contributed by atoms with Crippen molar-refractivity contribution < 1.29 is 19.1 Å². The number of ether oxygens (including phenoxy) is 1. The van der Waals surface area contributed by atoms with Crippen molar-refractivity contribution in [3.8, 4) is 0 Å². The molecule has 2 aliphatic heterocycles. The second-order valence-corrected chi connectivity index (χ2v) is 11.4. The van der Waals surface area contributed by atoms with Gasteiger partial charge in [-0.3, -0.25) is 28.6 Å². The Morgan fingerprint density at radius 1 is 1.08 bits per heavy atom. The Labute approximate surface area is 226 Å². The maximum atomic E-state index is 13.4. The van der Waals surface area contributed by atoms with E-state index in [1.54, 1.807) is 6.92 Å². The van der Waals surface area contributed by atoms with Gasteiger partial charge in [0.05, 0.1) is 4.53 Å². The number of amides is 2. The molecule has 2 aromatic carbocycles. The minimum Gasteiger partial charge on any atom is -0.446 e. The predicted octanol–water partition coefficient (Wildman–Crippen LogP) is 3.48. The lowest BCUT2D eigenvalue weighted by Crippen LogP contribution is -2.34. The Kier molecular flexibility index (Phi) is 6.45. The maximum absolute atomic E-state index is 13.4. The highest BCUT2D eigenvalue weighted by molar-refractivity contribution is 8.23. The summed E-state index contributed by atoms with van der Waals surface area (Å²) in [6, 6.07) is 17.2. The van der Waals surface area contributed by atoms with Gasteiger partial charge in [-0.25, -0.2) is 0 Å². The van der Waals surface area contributed by atoms with E-state index >= 15 is 0 Å². The Hall–Kier alpha value is -3.63. The number of carbonyl (C=O) groups is 3. The number of fused-ring (bicyclic) bond motifs is 3. The van der Waals surface area contributed by atoms with Crippen LogP contribution in [0.3, 0.4) is 0 Å². The van der Waals surface area contributed by atoms with Gasteiger partial charge in [0.15, 0.2) is 6.73 Å². The number of rotatable bonds is 6. The van der Waals surface area contributed by atoms with Gasteiger partial charge < -0.3 is 9.64 Å². The first-order valence-corrected chi connectivity index (χ1v) is 14.2. The van der Waals surface area contributed by atoms with Gasteiger partial charge in [0.1, 0.15) is 9.57 Å². The second kappa shape index (κ2) is 9.92. The highest BCUT2D eigenvalue weighted by atomic mass is 32.2. The van der Waals surface area contributed by atoms with Crippen LogP contribution in [0.5, 0.6) is 0 Å². The van der Waals surface area contributed by atoms with Crippen LogP contribution in [0.25, 0.3) is 11.0 Å². The van der Waals surface area contributed by atoms with E-state index in [1.807, 2.05) is 18.2 Å². The number of aromatic nitrogens is 1. The van der Waals surface area contributed by atoms with E-state index < -0.39 is 5.91 Å². The molecule has 6 rings (SSSR count). The lowest BCUT2D eigenvalue weighted by Gasteiger charge is -2.27. The summed E-state index contributed by atoms with van der Waals surface area (Å²) in [6.07, 6.45) is 5.26. The number of para-hydroxylation sites is 1. The highest BCUT2D eigenvalue weighted by Gasteiger charge is 2.42. The first-order chi connectivity index (χ1) is 18.5. The molecule has 3 aromatic rings. The average Bonchev–Trinajstić information content (AvgIpc) is 3.66. The maximum Gasteiger partial charge on any atom is 0.294 e. The van der Waals surface area contributed by atoms with Crippen LogP contribution in [0.2, 0.25) is 0 Å². The minimum absolute atomic E-state index is 0.175. The molecule has 0 spiro atoms. The van der Waals surface area contributed by atoms with Crippen LogP contribution >= 0.6 is 23.1 Å². The molecular weight excluding hydrogens is 522 g/mol. The molecule has 8 nitrogen and oxygen atoms in total.